The lowest BCUT2D eigenvalue weighted by molar-refractivity contribution is 0.300. The van der Waals surface area contributed by atoms with Crippen LogP contribution in [0, 0.1) is 0 Å². The van der Waals surface area contributed by atoms with Crippen LogP contribution in [0.2, 0.25) is 0 Å². The average Bonchev–Trinajstić information content (AvgIpc) is 2.72. The molecule has 0 saturated carbocycles. The Morgan fingerprint density at radius 1 is 0.571 bits per heavy atom. The van der Waals surface area contributed by atoms with Gasteiger partial charge in [0.15, 0.2) is 0 Å². The van der Waals surface area contributed by atoms with E-state index in [2.05, 4.69) is 68.4 Å². The second kappa shape index (κ2) is 14.4. The second-order valence-corrected chi connectivity index (χ2v) is 8.01. The molecule has 162 valence electrons. The molecule has 0 atom stereocenters. The third-order valence-corrected chi connectivity index (χ3v) is 6.66. The Balaban J connectivity index is 3.09. The Morgan fingerprint density at radius 2 is 0.964 bits per heavy atom. The first-order valence-corrected chi connectivity index (χ1v) is 12.0. The number of nitrogens with zero attached hydrogens (tertiary/aromatic N) is 3. The van der Waals surface area contributed by atoms with Crippen LogP contribution in [0.15, 0.2) is 17.0 Å². The fourth-order valence-corrected chi connectivity index (χ4v) is 4.31. The van der Waals surface area contributed by atoms with Crippen molar-refractivity contribution in [3.8, 4) is 0 Å². The van der Waals surface area contributed by atoms with E-state index in [-0.39, 0.29) is 0 Å². The minimum absolute atomic E-state index is 1.10. The predicted octanol–water partition coefficient (Wildman–Crippen LogP) is 4.63. The van der Waals surface area contributed by atoms with E-state index >= 15 is 0 Å². The van der Waals surface area contributed by atoms with Crippen LogP contribution < -0.4 is 0 Å². The molecule has 0 radical (unpaired) electrons. The molecule has 0 bridgehead atoms. The number of hydrogen-bond donors (Lipinski definition) is 1. The van der Waals surface area contributed by atoms with E-state index in [4.69, 9.17) is 12.6 Å². The highest BCUT2D eigenvalue weighted by molar-refractivity contribution is 7.80. The van der Waals surface area contributed by atoms with Gasteiger partial charge in [-0.15, -0.1) is 12.6 Å². The summed E-state index contributed by atoms with van der Waals surface area (Å²) in [6.07, 6.45) is 3.38. The molecule has 0 amide bonds. The van der Waals surface area contributed by atoms with Gasteiger partial charge in [-0.05, 0) is 81.3 Å². The SMILES string of the molecule is CCN(CC)CCc1ccc(S)c(CCN(CC)CC)c1CCN(CC)CC. The smallest absolute Gasteiger partial charge is 0.00754 e. The van der Waals surface area contributed by atoms with Crippen molar-refractivity contribution < 1.29 is 0 Å². The summed E-state index contributed by atoms with van der Waals surface area (Å²) < 4.78 is 0. The summed E-state index contributed by atoms with van der Waals surface area (Å²) >= 11 is 4.87. The Labute approximate surface area is 180 Å². The number of rotatable bonds is 15. The number of thiol groups is 1. The van der Waals surface area contributed by atoms with Gasteiger partial charge in [-0.25, -0.2) is 0 Å². The van der Waals surface area contributed by atoms with Crippen molar-refractivity contribution in [3.05, 3.63) is 28.8 Å². The summed E-state index contributed by atoms with van der Waals surface area (Å²) in [7, 11) is 0. The minimum atomic E-state index is 1.10. The zero-order chi connectivity index (χ0) is 20.9. The molecule has 1 rings (SSSR count). The average molecular weight is 408 g/mol. The second-order valence-electron chi connectivity index (χ2n) is 7.53. The van der Waals surface area contributed by atoms with Gasteiger partial charge >= 0.3 is 0 Å². The molecule has 4 heteroatoms. The lowest BCUT2D eigenvalue weighted by Gasteiger charge is -2.25. The van der Waals surface area contributed by atoms with Gasteiger partial charge in [-0.3, -0.25) is 0 Å². The first-order valence-electron chi connectivity index (χ1n) is 11.5. The van der Waals surface area contributed by atoms with Crippen molar-refractivity contribution in [2.75, 3.05) is 58.9 Å². The van der Waals surface area contributed by atoms with Crippen molar-refractivity contribution in [1.82, 2.24) is 14.7 Å². The van der Waals surface area contributed by atoms with Gasteiger partial charge in [0.25, 0.3) is 0 Å². The molecular formula is C24H45N3S. The monoisotopic (exact) mass is 407 g/mol. The topological polar surface area (TPSA) is 9.72 Å². The summed E-state index contributed by atoms with van der Waals surface area (Å²) in [4.78, 5) is 8.75. The maximum Gasteiger partial charge on any atom is 0.00754 e. The van der Waals surface area contributed by atoms with E-state index in [1.165, 1.54) is 16.0 Å². The fraction of sp³-hybridized carbons (Fsp3) is 0.750. The normalized spacial score (nSPS) is 11.9. The molecule has 0 fully saturated rings. The van der Waals surface area contributed by atoms with Crippen molar-refractivity contribution in [1.29, 1.82) is 0 Å². The number of hydrogen-bond acceptors (Lipinski definition) is 4. The van der Waals surface area contributed by atoms with Gasteiger partial charge in [-0.1, -0.05) is 47.6 Å². The van der Waals surface area contributed by atoms with E-state index < -0.39 is 0 Å². The lowest BCUT2D eigenvalue weighted by atomic mass is 9.93. The Hall–Kier alpha value is -0.550. The van der Waals surface area contributed by atoms with Gasteiger partial charge in [-0.2, -0.15) is 0 Å². The zero-order valence-corrected chi connectivity index (χ0v) is 20.3. The predicted molar refractivity (Wildman–Crippen MR) is 128 cm³/mol. The molecule has 28 heavy (non-hydrogen) atoms. The standard InChI is InChI=1S/C24H45N3S/c1-7-25(8-2)18-15-21-13-14-24(28)23(17-20-27(11-5)12-6)22(21)16-19-26(9-3)10-4/h13-14,28H,7-12,15-20H2,1-6H3. The van der Waals surface area contributed by atoms with E-state index in [0.717, 1.165) is 78.2 Å². The summed E-state index contributed by atoms with van der Waals surface area (Å²) in [5.74, 6) is 0. The van der Waals surface area contributed by atoms with E-state index in [1.807, 2.05) is 0 Å². The molecule has 0 spiro atoms. The van der Waals surface area contributed by atoms with E-state index in [0.29, 0.717) is 0 Å². The first kappa shape index (κ1) is 25.5. The molecule has 0 unspecified atom stereocenters. The molecule has 0 heterocycles. The Kier molecular flexibility index (Phi) is 13.1. The highest BCUT2D eigenvalue weighted by Gasteiger charge is 2.15. The van der Waals surface area contributed by atoms with Gasteiger partial charge in [0, 0.05) is 24.5 Å². The minimum Gasteiger partial charge on any atom is -0.304 e. The quantitative estimate of drug-likeness (QED) is 0.425. The molecule has 1 aromatic carbocycles. The summed E-state index contributed by atoms with van der Waals surface area (Å²) in [6, 6.07) is 4.57. The van der Waals surface area contributed by atoms with Crippen molar-refractivity contribution >= 4 is 12.6 Å². The van der Waals surface area contributed by atoms with Gasteiger partial charge < -0.3 is 14.7 Å². The summed E-state index contributed by atoms with van der Waals surface area (Å²) in [5, 5.41) is 0. The molecule has 3 nitrogen and oxygen atoms in total. The highest BCUT2D eigenvalue weighted by atomic mass is 32.1. The van der Waals surface area contributed by atoms with E-state index in [1.54, 1.807) is 5.56 Å². The van der Waals surface area contributed by atoms with Crippen LogP contribution in [-0.4, -0.2) is 73.6 Å². The Morgan fingerprint density at radius 3 is 1.39 bits per heavy atom. The molecule has 0 aliphatic rings. The summed E-state index contributed by atoms with van der Waals surface area (Å²) in [5.41, 5.74) is 4.59. The van der Waals surface area contributed by atoms with Crippen LogP contribution in [0.4, 0.5) is 0 Å². The number of likely N-dealkylation sites (N-methyl/N-ethyl adjacent to an activating group) is 3. The molecular weight excluding hydrogens is 362 g/mol. The Bertz CT molecular complexity index is 535. The van der Waals surface area contributed by atoms with Crippen molar-refractivity contribution in [2.24, 2.45) is 0 Å². The third-order valence-electron chi connectivity index (χ3n) is 6.24. The molecule has 0 aliphatic heterocycles. The molecule has 1 aromatic rings. The molecule has 0 saturated heterocycles. The first-order chi connectivity index (χ1) is 13.5. The van der Waals surface area contributed by atoms with Crippen LogP contribution in [-0.2, 0) is 19.3 Å². The van der Waals surface area contributed by atoms with Crippen LogP contribution in [0.5, 0.6) is 0 Å². The molecule has 0 aliphatic carbocycles. The van der Waals surface area contributed by atoms with Crippen LogP contribution in [0.3, 0.4) is 0 Å². The molecule has 0 N–H and O–H groups in total. The van der Waals surface area contributed by atoms with Crippen molar-refractivity contribution in [3.63, 3.8) is 0 Å². The van der Waals surface area contributed by atoms with Gasteiger partial charge in [0.05, 0.1) is 0 Å². The van der Waals surface area contributed by atoms with Crippen LogP contribution in [0.1, 0.15) is 58.2 Å². The van der Waals surface area contributed by atoms with Gasteiger partial charge in [0.1, 0.15) is 0 Å². The highest BCUT2D eigenvalue weighted by Crippen LogP contribution is 2.25. The fourth-order valence-electron chi connectivity index (χ4n) is 3.99. The maximum atomic E-state index is 4.87. The number of benzene rings is 1. The largest absolute Gasteiger partial charge is 0.304 e. The lowest BCUT2D eigenvalue weighted by Crippen LogP contribution is -2.28. The van der Waals surface area contributed by atoms with E-state index in [9.17, 15) is 0 Å². The maximum absolute atomic E-state index is 4.87. The summed E-state index contributed by atoms with van der Waals surface area (Å²) in [6.45, 7) is 23.7. The van der Waals surface area contributed by atoms with Crippen LogP contribution in [0.25, 0.3) is 0 Å². The van der Waals surface area contributed by atoms with Crippen LogP contribution >= 0.6 is 12.6 Å². The van der Waals surface area contributed by atoms with Gasteiger partial charge in [0.2, 0.25) is 0 Å². The molecule has 0 aromatic heterocycles. The zero-order valence-electron chi connectivity index (χ0n) is 19.4. The third kappa shape index (κ3) is 8.06. The van der Waals surface area contributed by atoms with Crippen molar-refractivity contribution in [2.45, 2.75) is 65.7 Å².